The zero-order valence-corrected chi connectivity index (χ0v) is 12.2. The summed E-state index contributed by atoms with van der Waals surface area (Å²) in [7, 11) is 0. The summed E-state index contributed by atoms with van der Waals surface area (Å²) in [6.45, 7) is 6.23. The highest BCUT2D eigenvalue weighted by Crippen LogP contribution is 2.25. The smallest absolute Gasteiger partial charge is 0.407 e. The average molecular weight is 283 g/mol. The molecule has 19 heavy (non-hydrogen) atoms. The Hall–Kier alpha value is -1.42. The van der Waals surface area contributed by atoms with Crippen LogP contribution in [-0.2, 0) is 11.2 Å². The second-order valence-corrected chi connectivity index (χ2v) is 6.17. The van der Waals surface area contributed by atoms with Gasteiger partial charge in [-0.05, 0) is 51.0 Å². The monoisotopic (exact) mass is 282 g/mol. The molecule has 1 aliphatic rings. The van der Waals surface area contributed by atoms with Crippen molar-refractivity contribution in [2.75, 3.05) is 11.9 Å². The lowest BCUT2D eigenvalue weighted by molar-refractivity contribution is 0.0506. The summed E-state index contributed by atoms with van der Waals surface area (Å²) in [5, 5.41) is 6.86. The van der Waals surface area contributed by atoms with Crippen LogP contribution in [0.2, 0.25) is 5.02 Å². The summed E-state index contributed by atoms with van der Waals surface area (Å²) in [6.07, 6.45) is 0.368. The first-order valence-corrected chi connectivity index (χ1v) is 6.73. The van der Waals surface area contributed by atoms with Crippen LogP contribution in [0.1, 0.15) is 26.3 Å². The van der Waals surface area contributed by atoms with Crippen molar-refractivity contribution in [2.45, 2.75) is 38.8 Å². The Labute approximate surface area is 118 Å². The quantitative estimate of drug-likeness (QED) is 0.832. The molecule has 1 unspecified atom stereocenters. The molecule has 1 heterocycles. The molecule has 0 radical (unpaired) electrons. The van der Waals surface area contributed by atoms with Gasteiger partial charge in [0.25, 0.3) is 0 Å². The molecular formula is C14H19ClN2O2. The maximum atomic E-state index is 11.7. The molecule has 0 bridgehead atoms. The minimum absolute atomic E-state index is 0.0146. The molecule has 1 aliphatic heterocycles. The van der Waals surface area contributed by atoms with Crippen LogP contribution >= 0.6 is 11.6 Å². The largest absolute Gasteiger partial charge is 0.444 e. The Morgan fingerprint density at radius 1 is 1.47 bits per heavy atom. The van der Waals surface area contributed by atoms with Crippen LogP contribution in [0.15, 0.2) is 18.2 Å². The van der Waals surface area contributed by atoms with Gasteiger partial charge in [0.2, 0.25) is 0 Å². The molecule has 0 aliphatic carbocycles. The molecule has 104 valence electrons. The van der Waals surface area contributed by atoms with Gasteiger partial charge in [-0.1, -0.05) is 11.6 Å². The van der Waals surface area contributed by atoms with Gasteiger partial charge in [0, 0.05) is 17.3 Å². The minimum Gasteiger partial charge on any atom is -0.444 e. The van der Waals surface area contributed by atoms with E-state index in [4.69, 9.17) is 16.3 Å². The molecule has 1 aromatic carbocycles. The standard InChI is InChI=1S/C14H19ClN2O2/c1-14(2,3)19-13(18)17-11-7-9-6-10(15)4-5-12(9)16-8-11/h4-6,11,16H,7-8H2,1-3H3,(H,17,18). The first-order valence-electron chi connectivity index (χ1n) is 6.35. The van der Waals surface area contributed by atoms with E-state index in [2.05, 4.69) is 10.6 Å². The molecule has 1 atom stereocenters. The molecule has 5 heteroatoms. The van der Waals surface area contributed by atoms with Crippen LogP contribution in [0.3, 0.4) is 0 Å². The predicted molar refractivity (Wildman–Crippen MR) is 76.8 cm³/mol. The van der Waals surface area contributed by atoms with E-state index in [0.717, 1.165) is 17.7 Å². The highest BCUT2D eigenvalue weighted by molar-refractivity contribution is 6.30. The molecule has 0 spiro atoms. The third-order valence-electron chi connectivity index (χ3n) is 2.79. The zero-order valence-electron chi connectivity index (χ0n) is 11.4. The van der Waals surface area contributed by atoms with Crippen molar-refractivity contribution in [3.05, 3.63) is 28.8 Å². The molecule has 2 rings (SSSR count). The first-order chi connectivity index (χ1) is 8.83. The summed E-state index contributed by atoms with van der Waals surface area (Å²) < 4.78 is 5.25. The highest BCUT2D eigenvalue weighted by Gasteiger charge is 2.23. The number of rotatable bonds is 1. The Balaban J connectivity index is 1.96. The van der Waals surface area contributed by atoms with Gasteiger partial charge in [-0.2, -0.15) is 0 Å². The first kappa shape index (κ1) is 14.0. The highest BCUT2D eigenvalue weighted by atomic mass is 35.5. The van der Waals surface area contributed by atoms with Crippen molar-refractivity contribution < 1.29 is 9.53 Å². The topological polar surface area (TPSA) is 50.4 Å². The van der Waals surface area contributed by atoms with Gasteiger partial charge in [-0.3, -0.25) is 0 Å². The van der Waals surface area contributed by atoms with Gasteiger partial charge in [0.05, 0.1) is 6.04 Å². The van der Waals surface area contributed by atoms with E-state index < -0.39 is 5.60 Å². The Morgan fingerprint density at radius 3 is 2.89 bits per heavy atom. The molecule has 4 nitrogen and oxygen atoms in total. The normalized spacial score (nSPS) is 18.2. The Morgan fingerprint density at radius 2 is 2.21 bits per heavy atom. The van der Waals surface area contributed by atoms with Gasteiger partial charge in [-0.15, -0.1) is 0 Å². The molecular weight excluding hydrogens is 264 g/mol. The number of hydrogen-bond donors (Lipinski definition) is 2. The third-order valence-corrected chi connectivity index (χ3v) is 3.03. The van der Waals surface area contributed by atoms with E-state index in [1.165, 1.54) is 0 Å². The Bertz CT molecular complexity index is 483. The molecule has 1 amide bonds. The molecule has 0 aromatic heterocycles. The number of carbonyl (C=O) groups is 1. The summed E-state index contributed by atoms with van der Waals surface area (Å²) in [5.41, 5.74) is 1.71. The molecule has 0 saturated heterocycles. The summed E-state index contributed by atoms with van der Waals surface area (Å²) in [4.78, 5) is 11.7. The maximum absolute atomic E-state index is 11.7. The third kappa shape index (κ3) is 4.03. The van der Waals surface area contributed by atoms with Gasteiger partial charge in [-0.25, -0.2) is 4.79 Å². The van der Waals surface area contributed by atoms with E-state index in [1.807, 2.05) is 39.0 Å². The second kappa shape index (κ2) is 5.29. The van der Waals surface area contributed by atoms with Crippen LogP contribution in [0.4, 0.5) is 10.5 Å². The number of nitrogens with one attached hydrogen (secondary N) is 2. The van der Waals surface area contributed by atoms with E-state index in [-0.39, 0.29) is 12.1 Å². The van der Waals surface area contributed by atoms with Crippen molar-refractivity contribution in [1.82, 2.24) is 5.32 Å². The van der Waals surface area contributed by atoms with Gasteiger partial charge >= 0.3 is 6.09 Å². The van der Waals surface area contributed by atoms with Crippen molar-refractivity contribution >= 4 is 23.4 Å². The minimum atomic E-state index is -0.479. The summed E-state index contributed by atoms with van der Waals surface area (Å²) in [6, 6.07) is 5.75. The Kier molecular flexibility index (Phi) is 3.90. The zero-order chi connectivity index (χ0) is 14.0. The fourth-order valence-corrected chi connectivity index (χ4v) is 2.25. The molecule has 0 saturated carbocycles. The lowest BCUT2D eigenvalue weighted by Gasteiger charge is -2.28. The van der Waals surface area contributed by atoms with Crippen molar-refractivity contribution in [1.29, 1.82) is 0 Å². The number of alkyl carbamates (subject to hydrolysis) is 1. The number of ether oxygens (including phenoxy) is 1. The summed E-state index contributed by atoms with van der Waals surface area (Å²) in [5.74, 6) is 0. The SMILES string of the molecule is CC(C)(C)OC(=O)NC1CNc2ccc(Cl)cc2C1. The number of fused-ring (bicyclic) bond motifs is 1. The number of benzene rings is 1. The van der Waals surface area contributed by atoms with Gasteiger partial charge < -0.3 is 15.4 Å². The predicted octanol–water partition coefficient (Wildman–Crippen LogP) is 3.20. The van der Waals surface area contributed by atoms with Gasteiger partial charge in [0.1, 0.15) is 5.60 Å². The number of carbonyl (C=O) groups excluding carboxylic acids is 1. The van der Waals surface area contributed by atoms with Gasteiger partial charge in [0.15, 0.2) is 0 Å². The van der Waals surface area contributed by atoms with E-state index in [9.17, 15) is 4.79 Å². The number of halogens is 1. The number of anilines is 1. The lowest BCUT2D eigenvalue weighted by Crippen LogP contribution is -2.45. The van der Waals surface area contributed by atoms with Crippen LogP contribution in [0.25, 0.3) is 0 Å². The van der Waals surface area contributed by atoms with Crippen LogP contribution in [0.5, 0.6) is 0 Å². The fourth-order valence-electron chi connectivity index (χ4n) is 2.05. The maximum Gasteiger partial charge on any atom is 0.407 e. The lowest BCUT2D eigenvalue weighted by atomic mass is 10.00. The average Bonchev–Trinajstić information content (AvgIpc) is 2.25. The van der Waals surface area contributed by atoms with Crippen LogP contribution in [-0.4, -0.2) is 24.3 Å². The molecule has 1 aromatic rings. The van der Waals surface area contributed by atoms with Crippen molar-refractivity contribution in [2.24, 2.45) is 0 Å². The second-order valence-electron chi connectivity index (χ2n) is 5.73. The molecule has 0 fully saturated rings. The van der Waals surface area contributed by atoms with E-state index in [1.54, 1.807) is 0 Å². The molecule has 2 N–H and O–H groups in total. The van der Waals surface area contributed by atoms with Crippen LogP contribution < -0.4 is 10.6 Å². The van der Waals surface area contributed by atoms with E-state index >= 15 is 0 Å². The number of hydrogen-bond acceptors (Lipinski definition) is 3. The number of amides is 1. The van der Waals surface area contributed by atoms with E-state index in [0.29, 0.717) is 11.6 Å². The summed E-state index contributed by atoms with van der Waals surface area (Å²) >= 11 is 5.98. The fraction of sp³-hybridized carbons (Fsp3) is 0.500. The van der Waals surface area contributed by atoms with Crippen molar-refractivity contribution in [3.63, 3.8) is 0 Å². The van der Waals surface area contributed by atoms with Crippen LogP contribution in [0, 0.1) is 0 Å². The van der Waals surface area contributed by atoms with Crippen molar-refractivity contribution in [3.8, 4) is 0 Å².